The van der Waals surface area contributed by atoms with E-state index in [-0.39, 0.29) is 34.7 Å². The SMILES string of the molecule is CC(C)(Nc1nc(-c2c[nH]c3ncccc23)nc2ccccc12)C(=O)NCC(F)(F)F.CC(C)(Nc1nc(-c2c[nH]c3ncccc23)ncc1F)C(=O)NCC(F)(F)F.CC(C)(Nc1nc(-c2c[nH]c3ncccc23)ncc1F)C(=O)NCC(F)F.[HH].[HH].[HH].[HH].[HH].[HH].[HH].[HH]. The molecule has 0 radical (unpaired) electrons. The normalized spacial score (nSPS) is 12.1. The van der Waals surface area contributed by atoms with Crippen LogP contribution in [0.5, 0.6) is 0 Å². The lowest BCUT2D eigenvalue weighted by molar-refractivity contribution is -0.140. The Morgan fingerprint density at radius 1 is 0.477 bits per heavy atom. The summed E-state index contributed by atoms with van der Waals surface area (Å²) in [6.45, 7) is 4.80. The van der Waals surface area contributed by atoms with Crippen LogP contribution in [0, 0.1) is 11.6 Å². The Labute approximate surface area is 492 Å². The number of alkyl halides is 8. The minimum Gasteiger partial charge on any atom is -0.356 e. The van der Waals surface area contributed by atoms with Crippen molar-refractivity contribution in [1.29, 1.82) is 0 Å². The number of carbonyl (C=O) groups excluding carboxylic acids is 3. The van der Waals surface area contributed by atoms with Crippen LogP contribution in [0.25, 0.3) is 78.2 Å². The van der Waals surface area contributed by atoms with Gasteiger partial charge in [0, 0.05) is 86.8 Å². The fraction of sp³-hybridized carbons (Fsp3) is 0.273. The molecule has 3 amide bonds. The molecule has 0 fully saturated rings. The maximum Gasteiger partial charge on any atom is 0.405 e. The fourth-order valence-corrected chi connectivity index (χ4v) is 8.14. The van der Waals surface area contributed by atoms with Crippen molar-refractivity contribution in [2.75, 3.05) is 35.6 Å². The van der Waals surface area contributed by atoms with Crippen LogP contribution in [-0.2, 0) is 14.4 Å². The van der Waals surface area contributed by atoms with E-state index in [0.717, 1.165) is 28.7 Å². The zero-order valence-corrected chi connectivity index (χ0v) is 46.1. The van der Waals surface area contributed by atoms with Gasteiger partial charge in [0.15, 0.2) is 40.7 Å². The molecule has 0 aliphatic carbocycles. The maximum atomic E-state index is 14.2. The van der Waals surface area contributed by atoms with Crippen LogP contribution in [0.2, 0.25) is 0 Å². The van der Waals surface area contributed by atoms with Gasteiger partial charge in [-0.05, 0) is 90.1 Å². The second-order valence-electron chi connectivity index (χ2n) is 20.4. The van der Waals surface area contributed by atoms with Crippen LogP contribution in [-0.4, -0.2) is 133 Å². The van der Waals surface area contributed by atoms with Crippen molar-refractivity contribution in [3.8, 4) is 34.2 Å². The van der Waals surface area contributed by atoms with Crippen LogP contribution in [0.1, 0.15) is 53.0 Å². The lowest BCUT2D eigenvalue weighted by atomic mass is 10.0. The van der Waals surface area contributed by atoms with E-state index in [0.29, 0.717) is 56.0 Å². The van der Waals surface area contributed by atoms with Crippen molar-refractivity contribution in [3.05, 3.63) is 122 Å². The molecule has 0 unspecified atom stereocenters. The van der Waals surface area contributed by atoms with E-state index in [1.54, 1.807) is 85.0 Å². The summed E-state index contributed by atoms with van der Waals surface area (Å²) in [7, 11) is 0. The number of carbonyl (C=O) groups is 3. The Morgan fingerprint density at radius 3 is 1.24 bits per heavy atom. The van der Waals surface area contributed by atoms with E-state index in [1.807, 2.05) is 23.5 Å². The molecule has 31 heteroatoms. The number of para-hydroxylation sites is 1. The molecule has 9 N–H and O–H groups in total. The molecule has 0 bridgehead atoms. The first-order chi connectivity index (χ1) is 40.5. The van der Waals surface area contributed by atoms with Gasteiger partial charge >= 0.3 is 12.4 Å². The van der Waals surface area contributed by atoms with Crippen molar-refractivity contribution < 1.29 is 69.7 Å². The molecule has 0 saturated heterocycles. The molecule has 9 aromatic heterocycles. The largest absolute Gasteiger partial charge is 0.405 e. The number of nitrogens with zero attached hydrogens (tertiary/aromatic N) is 9. The van der Waals surface area contributed by atoms with Crippen LogP contribution < -0.4 is 31.9 Å². The number of halogens is 10. The van der Waals surface area contributed by atoms with Crippen molar-refractivity contribution in [3.63, 3.8) is 0 Å². The number of aromatic nitrogens is 12. The van der Waals surface area contributed by atoms with Crippen molar-refractivity contribution in [1.82, 2.24) is 75.8 Å². The third kappa shape index (κ3) is 15.2. The Bertz CT molecular complexity index is 4110. The summed E-state index contributed by atoms with van der Waals surface area (Å²) in [5.74, 6) is -3.49. The molecule has 1 aromatic carbocycles. The number of aromatic amines is 3. The molecule has 0 atom stereocenters. The van der Waals surface area contributed by atoms with Gasteiger partial charge in [0.25, 0.3) is 6.43 Å². The first-order valence-electron chi connectivity index (χ1n) is 25.7. The summed E-state index contributed by atoms with van der Waals surface area (Å²) < 4.78 is 127. The third-order valence-electron chi connectivity index (χ3n) is 12.5. The Kier molecular flexibility index (Phi) is 18.0. The summed E-state index contributed by atoms with van der Waals surface area (Å²) in [5, 5.41) is 16.9. The molecule has 0 saturated carbocycles. The minimum absolute atomic E-state index is 0. The Hall–Kier alpha value is -10.1. The predicted molar refractivity (Wildman–Crippen MR) is 316 cm³/mol. The number of anilines is 3. The van der Waals surface area contributed by atoms with Gasteiger partial charge in [-0.2, -0.15) is 26.3 Å². The number of fused-ring (bicyclic) bond motifs is 4. The molecular weight excluding hydrogens is 1150 g/mol. The number of amides is 3. The summed E-state index contributed by atoms with van der Waals surface area (Å²) in [4.78, 5) is 83.5. The number of benzene rings is 1. The number of hydrogen-bond acceptors (Lipinski definition) is 15. The summed E-state index contributed by atoms with van der Waals surface area (Å²) in [6.07, 6.45) is 0.0624. The van der Waals surface area contributed by atoms with E-state index in [4.69, 9.17) is 0 Å². The fourth-order valence-electron chi connectivity index (χ4n) is 8.14. The van der Waals surface area contributed by atoms with Gasteiger partial charge in [0.2, 0.25) is 17.7 Å². The molecule has 9 heterocycles. The van der Waals surface area contributed by atoms with Gasteiger partial charge in [-0.3, -0.25) is 14.4 Å². The topological polar surface area (TPSA) is 287 Å². The van der Waals surface area contributed by atoms with Crippen molar-refractivity contribution >= 4 is 79.2 Å². The van der Waals surface area contributed by atoms with Gasteiger partial charge in [0.1, 0.15) is 52.5 Å². The predicted octanol–water partition coefficient (Wildman–Crippen LogP) is 11.8. The van der Waals surface area contributed by atoms with Gasteiger partial charge in [-0.25, -0.2) is 62.4 Å². The molecule has 0 aliphatic heterocycles. The average Bonchev–Trinajstić information content (AvgIpc) is 1.76. The van der Waals surface area contributed by atoms with Gasteiger partial charge in [-0.1, -0.05) is 12.1 Å². The second kappa shape index (κ2) is 25.0. The van der Waals surface area contributed by atoms with Gasteiger partial charge < -0.3 is 46.9 Å². The number of rotatable bonds is 16. The van der Waals surface area contributed by atoms with Gasteiger partial charge in [0.05, 0.1) is 24.5 Å². The highest BCUT2D eigenvalue weighted by molar-refractivity contribution is 5.98. The van der Waals surface area contributed by atoms with Crippen LogP contribution in [0.15, 0.2) is 110 Å². The highest BCUT2D eigenvalue weighted by Gasteiger charge is 2.36. The Morgan fingerprint density at radius 2 is 0.837 bits per heavy atom. The van der Waals surface area contributed by atoms with E-state index >= 15 is 0 Å². The van der Waals surface area contributed by atoms with E-state index in [1.165, 1.54) is 41.5 Å². The quantitative estimate of drug-likeness (QED) is 0.0407. The summed E-state index contributed by atoms with van der Waals surface area (Å²) in [6, 6.07) is 17.9. The van der Waals surface area contributed by atoms with Gasteiger partial charge in [-0.15, -0.1) is 0 Å². The smallest absolute Gasteiger partial charge is 0.356 e. The van der Waals surface area contributed by atoms with Crippen molar-refractivity contribution in [2.24, 2.45) is 0 Å². The third-order valence-corrected chi connectivity index (χ3v) is 12.5. The monoisotopic (exact) mass is 1220 g/mol. The van der Waals surface area contributed by atoms with E-state index in [2.05, 4.69) is 81.1 Å². The summed E-state index contributed by atoms with van der Waals surface area (Å²) in [5.41, 5.74) is 0.121. The number of pyridine rings is 3. The molecule has 86 heavy (non-hydrogen) atoms. The summed E-state index contributed by atoms with van der Waals surface area (Å²) >= 11 is 0. The average molecular weight is 1220 g/mol. The molecular formula is C55H68F10N18O3. The lowest BCUT2D eigenvalue weighted by Gasteiger charge is -2.26. The second-order valence-corrected chi connectivity index (χ2v) is 20.4. The molecule has 10 rings (SSSR count). The lowest BCUT2D eigenvalue weighted by Crippen LogP contribution is -2.50. The highest BCUT2D eigenvalue weighted by Crippen LogP contribution is 2.32. The van der Waals surface area contributed by atoms with E-state index < -0.39 is 84.4 Å². The Balaban J connectivity index is 0.00000133. The zero-order chi connectivity index (χ0) is 62.4. The number of nitrogens with one attached hydrogen (secondary N) is 9. The molecule has 0 spiro atoms. The molecule has 21 nitrogen and oxygen atoms in total. The first-order valence-corrected chi connectivity index (χ1v) is 25.7. The number of H-pyrrole nitrogens is 3. The molecule has 10 aromatic rings. The molecule has 466 valence electrons. The maximum absolute atomic E-state index is 14.2. The first kappa shape index (κ1) is 62.0. The van der Waals surface area contributed by atoms with Crippen molar-refractivity contribution in [2.45, 2.75) is 76.9 Å². The number of hydrogen-bond donors (Lipinski definition) is 9. The van der Waals surface area contributed by atoms with Crippen LogP contribution in [0.3, 0.4) is 0 Å². The zero-order valence-electron chi connectivity index (χ0n) is 46.1. The van der Waals surface area contributed by atoms with Crippen LogP contribution >= 0.6 is 0 Å². The highest BCUT2D eigenvalue weighted by atomic mass is 19.4. The molecule has 0 aliphatic rings. The standard InChI is InChI=1S/C21H19F3N6O.C17H16F4N6O.C17H17F3N6O.8H2/c1-20(2,19(31)27-11-21(22,23)24)30-18-13-6-3-4-8-15(13)28-17(29-18)14-10-26-16-12(14)7-5-9-25-16;1-16(2,15(28)25-8-17(19,20)21)27-14-11(18)7-24-13(26-14)10-6-23-12-9(10)4-3-5-22-12;1-17(2,16(27)24-8-12(19)20)26-15-11(18)7-23-14(25-15)10-6-22-13-9(10)4-3-5-21-13;;;;;;;;/h3-10H,11H2,1-2H3,(H,25,26)(H,27,31)(H,28,29,30);3-7H,8H2,1-2H3,(H,22,23)(H,25,28)(H,24,26,27);3-7,12H,8H2,1-2H3,(H,21,22)(H,24,27)(H,23,25,26);8*1H. The van der Waals surface area contributed by atoms with Crippen LogP contribution in [0.4, 0.5) is 61.4 Å². The van der Waals surface area contributed by atoms with E-state index in [9.17, 15) is 58.3 Å². The minimum atomic E-state index is -4.55.